The summed E-state index contributed by atoms with van der Waals surface area (Å²) in [6, 6.07) is 3.33. The van der Waals surface area contributed by atoms with Gasteiger partial charge in [-0.3, -0.25) is 4.79 Å². The Labute approximate surface area is 86.7 Å². The quantitative estimate of drug-likeness (QED) is 0.445. The highest BCUT2D eigenvalue weighted by molar-refractivity contribution is 5.94. The van der Waals surface area contributed by atoms with E-state index in [0.29, 0.717) is 12.2 Å². The maximum absolute atomic E-state index is 11.3. The molecule has 80 valence electrons. The second-order valence-electron chi connectivity index (χ2n) is 2.56. The van der Waals surface area contributed by atoms with Gasteiger partial charge in [-0.1, -0.05) is 0 Å². The molecule has 0 unspecified atom stereocenters. The zero-order valence-corrected chi connectivity index (χ0v) is 8.23. The number of furan rings is 1. The summed E-state index contributed by atoms with van der Waals surface area (Å²) < 4.78 is 9.73. The van der Waals surface area contributed by atoms with Crippen LogP contribution in [0.1, 0.15) is 12.7 Å². The number of ether oxygens (including phenoxy) is 1. The van der Waals surface area contributed by atoms with Crippen LogP contribution in [0.15, 0.2) is 28.5 Å². The SMILES string of the molecule is CCOC(=O)/C(=C/c1ccco1)NC=O. The third kappa shape index (κ3) is 3.30. The first-order valence-electron chi connectivity index (χ1n) is 4.40. The van der Waals surface area contributed by atoms with E-state index in [0.717, 1.165) is 0 Å². The van der Waals surface area contributed by atoms with Crippen LogP contribution in [-0.2, 0) is 14.3 Å². The molecule has 0 radical (unpaired) electrons. The molecule has 0 fully saturated rings. The van der Waals surface area contributed by atoms with E-state index in [4.69, 9.17) is 9.15 Å². The van der Waals surface area contributed by atoms with Crippen LogP contribution in [0.4, 0.5) is 0 Å². The van der Waals surface area contributed by atoms with E-state index in [1.807, 2.05) is 0 Å². The number of esters is 1. The molecule has 0 aliphatic heterocycles. The van der Waals surface area contributed by atoms with Crippen molar-refractivity contribution >= 4 is 18.5 Å². The number of amides is 1. The van der Waals surface area contributed by atoms with Crippen molar-refractivity contribution in [3.8, 4) is 0 Å². The minimum Gasteiger partial charge on any atom is -0.465 e. The number of hydrogen-bond acceptors (Lipinski definition) is 4. The lowest BCUT2D eigenvalue weighted by atomic mass is 10.3. The molecule has 5 heteroatoms. The van der Waals surface area contributed by atoms with Gasteiger partial charge < -0.3 is 14.5 Å². The van der Waals surface area contributed by atoms with Gasteiger partial charge in [-0.2, -0.15) is 0 Å². The molecule has 0 aliphatic carbocycles. The van der Waals surface area contributed by atoms with Crippen LogP contribution in [0.2, 0.25) is 0 Å². The van der Waals surface area contributed by atoms with Crippen LogP contribution in [0.3, 0.4) is 0 Å². The van der Waals surface area contributed by atoms with Gasteiger partial charge in [0.1, 0.15) is 11.5 Å². The average Bonchev–Trinajstić information content (AvgIpc) is 2.70. The summed E-state index contributed by atoms with van der Waals surface area (Å²) in [4.78, 5) is 21.6. The molecule has 15 heavy (non-hydrogen) atoms. The first-order valence-corrected chi connectivity index (χ1v) is 4.40. The van der Waals surface area contributed by atoms with E-state index in [9.17, 15) is 9.59 Å². The molecule has 1 aromatic rings. The van der Waals surface area contributed by atoms with Crippen LogP contribution in [0.25, 0.3) is 6.08 Å². The molecule has 1 amide bonds. The van der Waals surface area contributed by atoms with Crippen LogP contribution < -0.4 is 5.32 Å². The van der Waals surface area contributed by atoms with Crippen molar-refractivity contribution < 1.29 is 18.7 Å². The first-order chi connectivity index (χ1) is 7.27. The fourth-order valence-electron chi connectivity index (χ4n) is 0.947. The second kappa shape index (κ2) is 5.64. The average molecular weight is 209 g/mol. The largest absolute Gasteiger partial charge is 0.465 e. The molecule has 1 N–H and O–H groups in total. The topological polar surface area (TPSA) is 68.5 Å². The lowest BCUT2D eigenvalue weighted by Gasteiger charge is -2.03. The highest BCUT2D eigenvalue weighted by Crippen LogP contribution is 2.06. The monoisotopic (exact) mass is 209 g/mol. The van der Waals surface area contributed by atoms with Crippen molar-refractivity contribution in [2.24, 2.45) is 0 Å². The van der Waals surface area contributed by atoms with Gasteiger partial charge in [0.2, 0.25) is 6.41 Å². The molecule has 0 atom stereocenters. The highest BCUT2D eigenvalue weighted by Gasteiger charge is 2.10. The van der Waals surface area contributed by atoms with Crippen molar-refractivity contribution in [3.63, 3.8) is 0 Å². The maximum atomic E-state index is 11.3. The Morgan fingerprint density at radius 1 is 1.67 bits per heavy atom. The maximum Gasteiger partial charge on any atom is 0.354 e. The number of hydrogen-bond donors (Lipinski definition) is 1. The molecule has 5 nitrogen and oxygen atoms in total. The van der Waals surface area contributed by atoms with Crippen LogP contribution in [0.5, 0.6) is 0 Å². The predicted octanol–water partition coefficient (Wildman–Crippen LogP) is 0.930. The summed E-state index contributed by atoms with van der Waals surface area (Å²) in [5.74, 6) is -0.131. The third-order valence-corrected chi connectivity index (χ3v) is 1.54. The highest BCUT2D eigenvalue weighted by atomic mass is 16.5. The summed E-state index contributed by atoms with van der Waals surface area (Å²) >= 11 is 0. The molecule has 0 saturated heterocycles. The van der Waals surface area contributed by atoms with Gasteiger partial charge in [-0.05, 0) is 19.1 Å². The van der Waals surface area contributed by atoms with Gasteiger partial charge in [-0.15, -0.1) is 0 Å². The van der Waals surface area contributed by atoms with Crippen LogP contribution >= 0.6 is 0 Å². The second-order valence-corrected chi connectivity index (χ2v) is 2.56. The standard InChI is InChI=1S/C10H11NO4/c1-2-14-10(13)9(11-7-12)6-8-4-3-5-15-8/h3-7H,2H2,1H3,(H,11,12)/b9-6-. The van der Waals surface area contributed by atoms with Gasteiger partial charge in [0.15, 0.2) is 0 Å². The fourth-order valence-corrected chi connectivity index (χ4v) is 0.947. The first kappa shape index (κ1) is 11.0. The lowest BCUT2D eigenvalue weighted by molar-refractivity contribution is -0.139. The van der Waals surface area contributed by atoms with Gasteiger partial charge in [0.25, 0.3) is 0 Å². The van der Waals surface area contributed by atoms with Crippen LogP contribution in [0, 0.1) is 0 Å². The molecule has 1 heterocycles. The van der Waals surface area contributed by atoms with Crippen molar-refractivity contribution in [1.29, 1.82) is 0 Å². The number of nitrogens with one attached hydrogen (secondary N) is 1. The minimum atomic E-state index is -0.596. The van der Waals surface area contributed by atoms with E-state index < -0.39 is 5.97 Å². The Hall–Kier alpha value is -2.04. The van der Waals surface area contributed by atoms with Crippen molar-refractivity contribution in [2.45, 2.75) is 6.92 Å². The lowest BCUT2D eigenvalue weighted by Crippen LogP contribution is -2.20. The smallest absolute Gasteiger partial charge is 0.354 e. The van der Waals surface area contributed by atoms with Crippen molar-refractivity contribution in [1.82, 2.24) is 5.32 Å². The zero-order chi connectivity index (χ0) is 11.1. The number of rotatable bonds is 5. The van der Waals surface area contributed by atoms with Crippen molar-refractivity contribution in [3.05, 3.63) is 29.9 Å². The number of carbonyl (C=O) groups is 2. The summed E-state index contributed by atoms with van der Waals surface area (Å²) in [5, 5.41) is 2.25. The van der Waals surface area contributed by atoms with E-state index in [2.05, 4.69) is 5.32 Å². The molecular formula is C10H11NO4. The normalized spacial score (nSPS) is 10.9. The molecule has 0 aliphatic rings. The summed E-state index contributed by atoms with van der Waals surface area (Å²) in [5.41, 5.74) is 0.0433. The molecule has 0 bridgehead atoms. The summed E-state index contributed by atoms with van der Waals surface area (Å²) in [7, 11) is 0. The third-order valence-electron chi connectivity index (χ3n) is 1.54. The van der Waals surface area contributed by atoms with Crippen LogP contribution in [-0.4, -0.2) is 19.0 Å². The van der Waals surface area contributed by atoms with Crippen molar-refractivity contribution in [2.75, 3.05) is 6.61 Å². The Balaban J connectivity index is 2.81. The molecule has 0 spiro atoms. The Morgan fingerprint density at radius 3 is 3.00 bits per heavy atom. The number of carbonyl (C=O) groups excluding carboxylic acids is 2. The Morgan fingerprint density at radius 2 is 2.47 bits per heavy atom. The van der Waals surface area contributed by atoms with E-state index in [1.165, 1.54) is 12.3 Å². The van der Waals surface area contributed by atoms with Gasteiger partial charge in [0.05, 0.1) is 12.9 Å². The Kier molecular flexibility index (Phi) is 4.15. The Bertz CT molecular complexity index is 354. The molecule has 0 saturated carbocycles. The van der Waals surface area contributed by atoms with Gasteiger partial charge in [0, 0.05) is 6.08 Å². The fraction of sp³-hybridized carbons (Fsp3) is 0.200. The van der Waals surface area contributed by atoms with Gasteiger partial charge in [-0.25, -0.2) is 4.79 Å². The summed E-state index contributed by atoms with van der Waals surface area (Å²) in [6.45, 7) is 1.93. The molecule has 0 aromatic carbocycles. The molecular weight excluding hydrogens is 198 g/mol. The molecule has 1 aromatic heterocycles. The predicted molar refractivity (Wildman–Crippen MR) is 52.5 cm³/mol. The minimum absolute atomic E-state index is 0.0433. The van der Waals surface area contributed by atoms with E-state index in [-0.39, 0.29) is 12.3 Å². The van der Waals surface area contributed by atoms with E-state index in [1.54, 1.807) is 19.1 Å². The summed E-state index contributed by atoms with van der Waals surface area (Å²) in [6.07, 6.45) is 3.27. The molecule has 1 rings (SSSR count). The zero-order valence-electron chi connectivity index (χ0n) is 8.23. The van der Waals surface area contributed by atoms with Gasteiger partial charge >= 0.3 is 5.97 Å². The van der Waals surface area contributed by atoms with E-state index >= 15 is 0 Å².